The number of hydrogen-bond donors (Lipinski definition) is 1. The molecule has 0 saturated carbocycles. The Labute approximate surface area is 148 Å². The van der Waals surface area contributed by atoms with Crippen LogP contribution in [-0.2, 0) is 11.3 Å². The van der Waals surface area contributed by atoms with Gasteiger partial charge < -0.3 is 10.2 Å². The number of urea groups is 1. The fourth-order valence-corrected chi connectivity index (χ4v) is 3.40. The maximum absolute atomic E-state index is 12.4. The van der Waals surface area contributed by atoms with Crippen molar-refractivity contribution < 1.29 is 14.4 Å². The fourth-order valence-electron chi connectivity index (χ4n) is 3.40. The summed E-state index contributed by atoms with van der Waals surface area (Å²) < 4.78 is 0. The van der Waals surface area contributed by atoms with E-state index in [9.17, 15) is 14.4 Å². The Morgan fingerprint density at radius 1 is 1.16 bits per heavy atom. The number of nitrogens with zero attached hydrogens (tertiary/aromatic N) is 2. The Bertz CT molecular complexity index is 663. The Morgan fingerprint density at radius 3 is 2.40 bits per heavy atom. The van der Waals surface area contributed by atoms with Crippen molar-refractivity contribution in [1.82, 2.24) is 15.1 Å². The summed E-state index contributed by atoms with van der Waals surface area (Å²) in [7, 11) is 0. The molecule has 1 atom stereocenters. The molecule has 1 N–H and O–H groups in total. The number of imide groups is 1. The van der Waals surface area contributed by atoms with Gasteiger partial charge in [-0.15, -0.1) is 0 Å². The number of carbonyl (C=O) groups excluding carboxylic acids is 3. The molecule has 4 amide bonds. The van der Waals surface area contributed by atoms with Gasteiger partial charge in [0.05, 0.1) is 6.54 Å². The van der Waals surface area contributed by atoms with Crippen molar-refractivity contribution in [2.75, 3.05) is 13.1 Å². The summed E-state index contributed by atoms with van der Waals surface area (Å²) in [6.07, 6.45) is 2.77. The molecule has 6 heteroatoms. The molecule has 1 aromatic carbocycles. The van der Waals surface area contributed by atoms with E-state index in [4.69, 9.17) is 0 Å². The number of likely N-dealkylation sites (tertiary alicyclic amines) is 1. The first kappa shape index (κ1) is 17.5. The zero-order valence-corrected chi connectivity index (χ0v) is 14.8. The Balaban J connectivity index is 1.64. The lowest BCUT2D eigenvalue weighted by Gasteiger charge is -2.16. The minimum Gasteiger partial charge on any atom is -0.339 e. The highest BCUT2D eigenvalue weighted by Gasteiger charge is 2.37. The molecule has 2 fully saturated rings. The zero-order chi connectivity index (χ0) is 18.0. The third-order valence-electron chi connectivity index (χ3n) is 4.75. The smallest absolute Gasteiger partial charge is 0.325 e. The first-order valence-corrected chi connectivity index (χ1v) is 8.96. The average molecular weight is 343 g/mol. The number of benzene rings is 1. The van der Waals surface area contributed by atoms with E-state index in [-0.39, 0.29) is 24.4 Å². The third-order valence-corrected chi connectivity index (χ3v) is 4.75. The summed E-state index contributed by atoms with van der Waals surface area (Å²) in [5, 5.41) is 2.75. The quantitative estimate of drug-likeness (QED) is 0.835. The number of amides is 4. The predicted molar refractivity (Wildman–Crippen MR) is 93.9 cm³/mol. The minimum atomic E-state index is -0.427. The second-order valence-electron chi connectivity index (χ2n) is 7.25. The summed E-state index contributed by atoms with van der Waals surface area (Å²) in [5.41, 5.74) is 1.49. The van der Waals surface area contributed by atoms with Gasteiger partial charge >= 0.3 is 6.03 Å². The van der Waals surface area contributed by atoms with Crippen LogP contribution in [0.3, 0.4) is 0 Å². The Hall–Kier alpha value is -2.37. The maximum atomic E-state index is 12.4. The Kier molecular flexibility index (Phi) is 5.06. The first-order chi connectivity index (χ1) is 12.0. The zero-order valence-electron chi connectivity index (χ0n) is 14.8. The highest BCUT2D eigenvalue weighted by atomic mass is 16.2. The number of hydrogen-bond acceptors (Lipinski definition) is 3. The lowest BCUT2D eigenvalue weighted by Crippen LogP contribution is -2.31. The second-order valence-corrected chi connectivity index (χ2v) is 7.25. The highest BCUT2D eigenvalue weighted by molar-refractivity contribution is 6.04. The van der Waals surface area contributed by atoms with E-state index in [0.717, 1.165) is 31.5 Å². The molecule has 1 aromatic rings. The van der Waals surface area contributed by atoms with Crippen LogP contribution in [-0.4, -0.2) is 46.8 Å². The molecule has 1 unspecified atom stereocenters. The van der Waals surface area contributed by atoms with Crippen molar-refractivity contribution in [3.05, 3.63) is 35.4 Å². The van der Waals surface area contributed by atoms with Crippen molar-refractivity contribution in [2.24, 2.45) is 5.92 Å². The number of nitrogens with one attached hydrogen (secondary N) is 1. The SMILES string of the molecule is CC(C)CC1NC(=O)N(Cc2ccc(C(=O)N3CCCC3)cc2)C1=O. The maximum Gasteiger partial charge on any atom is 0.325 e. The molecule has 2 aliphatic rings. The third kappa shape index (κ3) is 3.83. The molecular weight excluding hydrogens is 318 g/mol. The van der Waals surface area contributed by atoms with Crippen LogP contribution in [0.5, 0.6) is 0 Å². The van der Waals surface area contributed by atoms with Crippen molar-refractivity contribution in [1.29, 1.82) is 0 Å². The molecule has 2 heterocycles. The van der Waals surface area contributed by atoms with Crippen molar-refractivity contribution in [3.8, 4) is 0 Å². The molecule has 0 spiro atoms. The van der Waals surface area contributed by atoms with Gasteiger partial charge in [0.15, 0.2) is 0 Å². The van der Waals surface area contributed by atoms with Gasteiger partial charge in [0, 0.05) is 18.7 Å². The first-order valence-electron chi connectivity index (χ1n) is 8.96. The topological polar surface area (TPSA) is 69.7 Å². The van der Waals surface area contributed by atoms with E-state index in [1.54, 1.807) is 12.1 Å². The largest absolute Gasteiger partial charge is 0.339 e. The summed E-state index contributed by atoms with van der Waals surface area (Å²) in [6, 6.07) is 6.43. The van der Waals surface area contributed by atoms with E-state index in [1.807, 2.05) is 30.9 Å². The van der Waals surface area contributed by atoms with Crippen LogP contribution in [0.15, 0.2) is 24.3 Å². The molecule has 3 rings (SSSR count). The molecule has 134 valence electrons. The van der Waals surface area contributed by atoms with Crippen molar-refractivity contribution in [3.63, 3.8) is 0 Å². The van der Waals surface area contributed by atoms with Crippen molar-refractivity contribution in [2.45, 2.75) is 45.7 Å². The summed E-state index contributed by atoms with van der Waals surface area (Å²) in [4.78, 5) is 39.9. The van der Waals surface area contributed by atoms with E-state index in [1.165, 1.54) is 4.90 Å². The van der Waals surface area contributed by atoms with Gasteiger partial charge in [-0.3, -0.25) is 14.5 Å². The lowest BCUT2D eigenvalue weighted by atomic mass is 10.0. The standard InChI is InChI=1S/C19H25N3O3/c1-13(2)11-16-18(24)22(19(25)20-16)12-14-5-7-15(8-6-14)17(23)21-9-3-4-10-21/h5-8,13,16H,3-4,9-12H2,1-2H3,(H,20,25). The lowest BCUT2D eigenvalue weighted by molar-refractivity contribution is -0.128. The molecule has 2 aliphatic heterocycles. The van der Waals surface area contributed by atoms with Crippen LogP contribution < -0.4 is 5.32 Å². The van der Waals surface area contributed by atoms with Gasteiger partial charge in [-0.25, -0.2) is 4.79 Å². The van der Waals surface area contributed by atoms with Gasteiger partial charge in [0.25, 0.3) is 11.8 Å². The number of rotatable bonds is 5. The van der Waals surface area contributed by atoms with Crippen LogP contribution in [0, 0.1) is 5.92 Å². The molecule has 6 nitrogen and oxygen atoms in total. The van der Waals surface area contributed by atoms with Gasteiger partial charge in [-0.05, 0) is 42.9 Å². The van der Waals surface area contributed by atoms with Crippen LogP contribution in [0.2, 0.25) is 0 Å². The summed E-state index contributed by atoms with van der Waals surface area (Å²) >= 11 is 0. The van der Waals surface area contributed by atoms with Crippen LogP contribution in [0.25, 0.3) is 0 Å². The molecular formula is C19H25N3O3. The monoisotopic (exact) mass is 343 g/mol. The molecule has 0 aromatic heterocycles. The van der Waals surface area contributed by atoms with Gasteiger partial charge in [0.2, 0.25) is 0 Å². The molecule has 2 saturated heterocycles. The van der Waals surface area contributed by atoms with Crippen LogP contribution >= 0.6 is 0 Å². The average Bonchev–Trinajstić information content (AvgIpc) is 3.19. The van der Waals surface area contributed by atoms with Crippen molar-refractivity contribution >= 4 is 17.8 Å². The van der Waals surface area contributed by atoms with Crippen LogP contribution in [0.1, 0.15) is 49.0 Å². The van der Waals surface area contributed by atoms with E-state index in [0.29, 0.717) is 17.9 Å². The normalized spacial score (nSPS) is 20.5. The summed E-state index contributed by atoms with van der Waals surface area (Å²) in [6.45, 7) is 5.93. The molecule has 25 heavy (non-hydrogen) atoms. The Morgan fingerprint density at radius 2 is 1.80 bits per heavy atom. The van der Waals surface area contributed by atoms with Gasteiger partial charge in [-0.1, -0.05) is 26.0 Å². The van der Waals surface area contributed by atoms with E-state index in [2.05, 4.69) is 5.32 Å². The molecule has 0 bridgehead atoms. The molecule has 0 aliphatic carbocycles. The van der Waals surface area contributed by atoms with E-state index >= 15 is 0 Å². The second kappa shape index (κ2) is 7.25. The predicted octanol–water partition coefficient (Wildman–Crippen LogP) is 2.39. The van der Waals surface area contributed by atoms with Gasteiger partial charge in [-0.2, -0.15) is 0 Å². The fraction of sp³-hybridized carbons (Fsp3) is 0.526. The number of carbonyl (C=O) groups is 3. The highest BCUT2D eigenvalue weighted by Crippen LogP contribution is 2.18. The minimum absolute atomic E-state index is 0.0519. The van der Waals surface area contributed by atoms with Gasteiger partial charge in [0.1, 0.15) is 6.04 Å². The van der Waals surface area contributed by atoms with E-state index < -0.39 is 6.04 Å². The molecule has 0 radical (unpaired) electrons. The summed E-state index contributed by atoms with van der Waals surface area (Å²) in [5.74, 6) is 0.219. The van der Waals surface area contributed by atoms with Crippen LogP contribution in [0.4, 0.5) is 4.79 Å².